The number of methoxy groups -OCH3 is 2. The molecule has 0 aliphatic heterocycles. The second kappa shape index (κ2) is 14.6. The van der Waals surface area contributed by atoms with E-state index < -0.39 is 22.3 Å². The Balaban J connectivity index is 1.62. The summed E-state index contributed by atoms with van der Waals surface area (Å²) < 4.78 is 15.5. The largest absolute Gasteiger partial charge is 0.504 e. The lowest BCUT2D eigenvalue weighted by molar-refractivity contribution is -0.385. The molecule has 0 radical (unpaired) electrons. The monoisotopic (exact) mass is 517 g/mol. The van der Waals surface area contributed by atoms with Gasteiger partial charge in [0, 0.05) is 17.2 Å². The van der Waals surface area contributed by atoms with Crippen LogP contribution in [0.15, 0.2) is 24.3 Å². The summed E-state index contributed by atoms with van der Waals surface area (Å²) in [6.45, 7) is 2.00. The Morgan fingerprint density at radius 2 is 1.59 bits per heavy atom. The van der Waals surface area contributed by atoms with Crippen molar-refractivity contribution in [1.82, 2.24) is 0 Å². The number of hydrogen-bond donors (Lipinski definition) is 3. The number of allylic oxidation sites excluding steroid dienone is 1. The summed E-state index contributed by atoms with van der Waals surface area (Å²) in [5.41, 5.74) is 0.982. The predicted molar refractivity (Wildman–Crippen MR) is 138 cm³/mol. The van der Waals surface area contributed by atoms with Gasteiger partial charge in [-0.05, 0) is 37.8 Å². The maximum absolute atomic E-state index is 11.9. The van der Waals surface area contributed by atoms with Crippen molar-refractivity contribution in [2.75, 3.05) is 20.8 Å². The first kappa shape index (κ1) is 29.3. The fourth-order valence-corrected chi connectivity index (χ4v) is 3.90. The van der Waals surface area contributed by atoms with Crippen molar-refractivity contribution in [3.05, 3.63) is 51.1 Å². The van der Waals surface area contributed by atoms with E-state index in [-0.39, 0.29) is 29.4 Å². The van der Waals surface area contributed by atoms with Crippen LogP contribution in [0.2, 0.25) is 0 Å². The number of ether oxygens (including phenoxy) is 3. The fraction of sp³-hybridized carbons (Fsp3) is 0.444. The van der Waals surface area contributed by atoms with Gasteiger partial charge in [-0.15, -0.1) is 0 Å². The lowest BCUT2D eigenvalue weighted by atomic mass is 10.0. The summed E-state index contributed by atoms with van der Waals surface area (Å²) in [7, 11) is 2.80. The summed E-state index contributed by atoms with van der Waals surface area (Å²) in [5.74, 6) is -0.836. The molecule has 10 nitrogen and oxygen atoms in total. The zero-order chi connectivity index (χ0) is 27.4. The van der Waals surface area contributed by atoms with Gasteiger partial charge in [0.05, 0.1) is 32.2 Å². The summed E-state index contributed by atoms with van der Waals surface area (Å²) >= 11 is 0. The molecule has 0 heterocycles. The Labute approximate surface area is 216 Å². The molecule has 0 amide bonds. The van der Waals surface area contributed by atoms with Gasteiger partial charge in [-0.1, -0.05) is 43.9 Å². The molecule has 202 valence electrons. The third-order valence-electron chi connectivity index (χ3n) is 5.96. The van der Waals surface area contributed by atoms with Crippen molar-refractivity contribution in [1.29, 1.82) is 0 Å². The standard InChI is InChI=1S/C27H35NO9/c1-18-20(25(32)27(36-3)26(35-2)24(18)31)12-10-8-6-4-5-7-9-11-15-37-23(30)17-19-13-14-22(29)21(16-19)28(33)34/h10,12-14,16,29,31-32H,4-9,11,15,17H2,1-3H3/b12-10+. The number of carbonyl (C=O) groups excluding carboxylic acids is 1. The van der Waals surface area contributed by atoms with Crippen molar-refractivity contribution in [3.8, 4) is 28.7 Å². The van der Waals surface area contributed by atoms with Crippen LogP contribution < -0.4 is 9.47 Å². The highest BCUT2D eigenvalue weighted by Gasteiger charge is 2.21. The third kappa shape index (κ3) is 8.30. The van der Waals surface area contributed by atoms with Gasteiger partial charge in [-0.2, -0.15) is 0 Å². The highest BCUT2D eigenvalue weighted by atomic mass is 16.6. The van der Waals surface area contributed by atoms with Crippen molar-refractivity contribution in [2.45, 2.75) is 58.3 Å². The summed E-state index contributed by atoms with van der Waals surface area (Å²) in [6.07, 6.45) is 10.2. The van der Waals surface area contributed by atoms with Crippen LogP contribution in [0.25, 0.3) is 6.08 Å². The van der Waals surface area contributed by atoms with E-state index in [1.807, 2.05) is 6.08 Å². The van der Waals surface area contributed by atoms with Crippen molar-refractivity contribution in [3.63, 3.8) is 0 Å². The van der Waals surface area contributed by atoms with Gasteiger partial charge in [0.1, 0.15) is 0 Å². The van der Waals surface area contributed by atoms with Crippen molar-refractivity contribution >= 4 is 17.7 Å². The van der Waals surface area contributed by atoms with Gasteiger partial charge in [-0.25, -0.2) is 0 Å². The molecule has 2 aromatic carbocycles. The Morgan fingerprint density at radius 1 is 0.973 bits per heavy atom. The van der Waals surface area contributed by atoms with E-state index in [0.717, 1.165) is 44.9 Å². The minimum atomic E-state index is -0.698. The molecule has 0 saturated heterocycles. The third-order valence-corrected chi connectivity index (χ3v) is 5.96. The van der Waals surface area contributed by atoms with Crippen LogP contribution in [-0.2, 0) is 16.0 Å². The van der Waals surface area contributed by atoms with E-state index in [0.29, 0.717) is 23.3 Å². The highest BCUT2D eigenvalue weighted by Crippen LogP contribution is 2.48. The average molecular weight is 518 g/mol. The Morgan fingerprint density at radius 3 is 2.24 bits per heavy atom. The van der Waals surface area contributed by atoms with Crippen molar-refractivity contribution in [2.24, 2.45) is 0 Å². The molecule has 0 aromatic heterocycles. The van der Waals surface area contributed by atoms with E-state index >= 15 is 0 Å². The molecule has 0 saturated carbocycles. The fourth-order valence-electron chi connectivity index (χ4n) is 3.90. The van der Waals surface area contributed by atoms with E-state index in [1.54, 1.807) is 13.0 Å². The lowest BCUT2D eigenvalue weighted by Crippen LogP contribution is -2.09. The van der Waals surface area contributed by atoms with Crippen LogP contribution in [-0.4, -0.2) is 47.0 Å². The quantitative estimate of drug-likeness (QED) is 0.0906. The number of rotatable bonds is 15. The summed E-state index contributed by atoms with van der Waals surface area (Å²) in [5, 5.41) is 41.1. The smallest absolute Gasteiger partial charge is 0.310 e. The van der Waals surface area contributed by atoms with Gasteiger partial charge in [0.15, 0.2) is 17.2 Å². The molecule has 37 heavy (non-hydrogen) atoms. The molecule has 2 aromatic rings. The molecular formula is C27H35NO9. The maximum atomic E-state index is 11.9. The number of hydrogen-bond acceptors (Lipinski definition) is 9. The van der Waals surface area contributed by atoms with E-state index in [9.17, 15) is 30.2 Å². The molecule has 0 unspecified atom stereocenters. The molecule has 0 aliphatic carbocycles. The number of phenols is 3. The topological polar surface area (TPSA) is 149 Å². The van der Waals surface area contributed by atoms with Crippen LogP contribution in [0.1, 0.15) is 61.6 Å². The van der Waals surface area contributed by atoms with Crippen LogP contribution in [0.4, 0.5) is 5.69 Å². The molecule has 0 atom stereocenters. The van der Waals surface area contributed by atoms with Crippen molar-refractivity contribution < 1.29 is 39.2 Å². The van der Waals surface area contributed by atoms with Gasteiger partial charge >= 0.3 is 11.7 Å². The average Bonchev–Trinajstić information content (AvgIpc) is 2.87. The van der Waals surface area contributed by atoms with Crippen LogP contribution >= 0.6 is 0 Å². The Kier molecular flexibility index (Phi) is 11.5. The number of nitro groups is 1. The molecule has 0 fully saturated rings. The molecule has 10 heteroatoms. The van der Waals surface area contributed by atoms with E-state index in [1.165, 1.54) is 32.4 Å². The molecular weight excluding hydrogens is 482 g/mol. The number of phenolic OH excluding ortho intramolecular Hbond substituents is 3. The second-order valence-electron chi connectivity index (χ2n) is 8.59. The van der Waals surface area contributed by atoms with Gasteiger partial charge in [-0.3, -0.25) is 14.9 Å². The maximum Gasteiger partial charge on any atom is 0.310 e. The molecule has 0 aliphatic rings. The highest BCUT2D eigenvalue weighted by molar-refractivity contribution is 5.74. The molecule has 2 rings (SSSR count). The van der Waals surface area contributed by atoms with E-state index in [4.69, 9.17) is 14.2 Å². The summed E-state index contributed by atoms with van der Waals surface area (Å²) in [6, 6.07) is 3.83. The normalized spacial score (nSPS) is 11.0. The van der Waals surface area contributed by atoms with Crippen LogP contribution in [0, 0.1) is 17.0 Å². The first-order valence-corrected chi connectivity index (χ1v) is 12.2. The van der Waals surface area contributed by atoms with E-state index in [2.05, 4.69) is 0 Å². The summed E-state index contributed by atoms with van der Waals surface area (Å²) in [4.78, 5) is 22.1. The number of aromatic hydroxyl groups is 3. The van der Waals surface area contributed by atoms with Gasteiger partial charge in [0.25, 0.3) is 0 Å². The minimum Gasteiger partial charge on any atom is -0.504 e. The first-order chi connectivity index (χ1) is 17.7. The number of benzene rings is 2. The Hall–Kier alpha value is -3.95. The van der Waals surface area contributed by atoms with Gasteiger partial charge in [0.2, 0.25) is 11.5 Å². The number of nitrogens with zero attached hydrogens (tertiary/aromatic N) is 1. The first-order valence-electron chi connectivity index (χ1n) is 12.2. The second-order valence-corrected chi connectivity index (χ2v) is 8.59. The van der Waals surface area contributed by atoms with Gasteiger partial charge < -0.3 is 29.5 Å². The molecule has 0 bridgehead atoms. The molecule has 0 spiro atoms. The number of nitro benzene ring substituents is 1. The zero-order valence-electron chi connectivity index (χ0n) is 21.5. The number of carbonyl (C=O) groups is 1. The number of esters is 1. The van der Waals surface area contributed by atoms with Crippen LogP contribution in [0.3, 0.4) is 0 Å². The predicted octanol–water partition coefficient (Wildman–Crippen LogP) is 5.57. The number of unbranched alkanes of at least 4 members (excludes halogenated alkanes) is 6. The SMILES string of the molecule is COc1c(O)c(C)c(/C=C/CCCCCCCCOC(=O)Cc2ccc(O)c([N+](=O)[O-])c2)c(O)c1OC. The lowest BCUT2D eigenvalue weighted by Gasteiger charge is -2.16. The molecule has 3 N–H and O–H groups in total. The van der Waals surface area contributed by atoms with Crippen LogP contribution in [0.5, 0.6) is 28.7 Å². The minimum absolute atomic E-state index is 0.0631. The Bertz CT molecular complexity index is 1110. The zero-order valence-corrected chi connectivity index (χ0v) is 21.5.